The van der Waals surface area contributed by atoms with Crippen molar-refractivity contribution in [2.75, 3.05) is 11.1 Å². The zero-order valence-corrected chi connectivity index (χ0v) is 16.4. The summed E-state index contributed by atoms with van der Waals surface area (Å²) in [5, 5.41) is 7.90. The number of rotatable bonds is 3. The smallest absolute Gasteiger partial charge is 0.241 e. The lowest BCUT2D eigenvalue weighted by molar-refractivity contribution is 0.431. The van der Waals surface area contributed by atoms with Crippen LogP contribution in [0.15, 0.2) is 53.0 Å². The summed E-state index contributed by atoms with van der Waals surface area (Å²) in [4.78, 5) is 4.38. The number of nitrogens with one attached hydrogen (secondary N) is 1. The molecule has 0 saturated heterocycles. The Labute approximate surface area is 161 Å². The molecule has 0 amide bonds. The molecule has 0 spiro atoms. The topological polar surface area (TPSA) is 68.8 Å². The van der Waals surface area contributed by atoms with Crippen LogP contribution in [0.4, 0.5) is 11.9 Å². The minimum atomic E-state index is 0.103. The second-order valence-electron chi connectivity index (χ2n) is 7.06. The SMILES string of the molecule is CC(C)c1ccc([C@H]2C[C@H](c3ccc(Br)cc3)Nc3nc(N)nn32)cc1. The molecule has 0 fully saturated rings. The first-order valence-corrected chi connectivity index (χ1v) is 9.64. The van der Waals surface area contributed by atoms with Crippen molar-refractivity contribution in [2.24, 2.45) is 0 Å². The highest BCUT2D eigenvalue weighted by Gasteiger charge is 2.30. The van der Waals surface area contributed by atoms with E-state index in [9.17, 15) is 0 Å². The van der Waals surface area contributed by atoms with Crippen LogP contribution >= 0.6 is 15.9 Å². The van der Waals surface area contributed by atoms with Crippen molar-refractivity contribution in [3.05, 3.63) is 69.7 Å². The molecular formula is C20H22BrN5. The van der Waals surface area contributed by atoms with E-state index >= 15 is 0 Å². The number of nitrogens with two attached hydrogens (primary N) is 1. The number of fused-ring (bicyclic) bond motifs is 1. The quantitative estimate of drug-likeness (QED) is 0.643. The van der Waals surface area contributed by atoms with E-state index in [1.165, 1.54) is 16.7 Å². The molecule has 5 nitrogen and oxygen atoms in total. The summed E-state index contributed by atoms with van der Waals surface area (Å²) >= 11 is 3.50. The number of aromatic nitrogens is 3. The molecule has 0 unspecified atom stereocenters. The Morgan fingerprint density at radius 3 is 2.38 bits per heavy atom. The third kappa shape index (κ3) is 3.21. The Hall–Kier alpha value is -2.34. The first-order valence-electron chi connectivity index (χ1n) is 8.85. The van der Waals surface area contributed by atoms with Crippen molar-refractivity contribution in [2.45, 2.75) is 38.3 Å². The third-order valence-electron chi connectivity index (χ3n) is 4.97. The van der Waals surface area contributed by atoms with Gasteiger partial charge in [-0.1, -0.05) is 66.2 Å². The normalized spacial score (nSPS) is 19.2. The summed E-state index contributed by atoms with van der Waals surface area (Å²) in [7, 11) is 0. The first-order chi connectivity index (χ1) is 12.5. The number of benzene rings is 2. The Morgan fingerprint density at radius 1 is 1.08 bits per heavy atom. The molecule has 1 aliphatic rings. The van der Waals surface area contributed by atoms with Gasteiger partial charge >= 0.3 is 0 Å². The fourth-order valence-corrected chi connectivity index (χ4v) is 3.75. The second-order valence-corrected chi connectivity index (χ2v) is 7.98. The molecule has 2 atom stereocenters. The molecule has 0 aliphatic carbocycles. The van der Waals surface area contributed by atoms with Gasteiger partial charge in [0.15, 0.2) is 0 Å². The van der Waals surface area contributed by atoms with Crippen molar-refractivity contribution >= 4 is 27.8 Å². The van der Waals surface area contributed by atoms with Crippen molar-refractivity contribution in [1.82, 2.24) is 14.8 Å². The standard InChI is InChI=1S/C20H22BrN5/c1-12(2)13-3-5-15(6-4-13)18-11-17(14-7-9-16(21)10-8-14)23-20-24-19(22)25-26(18)20/h3-10,12,17-18H,11H2,1-2H3,(H3,22,23,24,25)/t17-,18-/m1/s1. The van der Waals surface area contributed by atoms with Gasteiger partial charge in [-0.05, 0) is 41.2 Å². The monoisotopic (exact) mass is 411 g/mol. The molecule has 26 heavy (non-hydrogen) atoms. The number of nitrogen functional groups attached to an aromatic ring is 1. The average Bonchev–Trinajstić information content (AvgIpc) is 3.01. The van der Waals surface area contributed by atoms with Crippen molar-refractivity contribution in [3.63, 3.8) is 0 Å². The van der Waals surface area contributed by atoms with Crippen molar-refractivity contribution in [1.29, 1.82) is 0 Å². The van der Waals surface area contributed by atoms with Gasteiger partial charge in [-0.15, -0.1) is 5.10 Å². The summed E-state index contributed by atoms with van der Waals surface area (Å²) in [5.74, 6) is 1.54. The van der Waals surface area contributed by atoms with Crippen LogP contribution in [-0.2, 0) is 0 Å². The Balaban J connectivity index is 1.71. The van der Waals surface area contributed by atoms with E-state index in [2.05, 4.69) is 93.7 Å². The van der Waals surface area contributed by atoms with E-state index in [0.717, 1.165) is 16.8 Å². The summed E-state index contributed by atoms with van der Waals surface area (Å²) in [6.07, 6.45) is 0.887. The second kappa shape index (κ2) is 6.76. The van der Waals surface area contributed by atoms with Gasteiger partial charge in [-0.2, -0.15) is 4.98 Å². The number of hydrogen-bond donors (Lipinski definition) is 2. The lowest BCUT2D eigenvalue weighted by atomic mass is 9.92. The molecule has 2 heterocycles. The number of hydrogen-bond acceptors (Lipinski definition) is 4. The highest BCUT2D eigenvalue weighted by atomic mass is 79.9. The molecular weight excluding hydrogens is 390 g/mol. The van der Waals surface area contributed by atoms with Crippen molar-refractivity contribution < 1.29 is 0 Å². The minimum absolute atomic E-state index is 0.103. The summed E-state index contributed by atoms with van der Waals surface area (Å²) in [6.45, 7) is 4.42. The number of anilines is 2. The van der Waals surface area contributed by atoms with Crippen LogP contribution in [0.1, 0.15) is 55.0 Å². The van der Waals surface area contributed by atoms with Gasteiger partial charge in [0.05, 0.1) is 12.1 Å². The van der Waals surface area contributed by atoms with Gasteiger partial charge in [-0.25, -0.2) is 4.68 Å². The van der Waals surface area contributed by atoms with Gasteiger partial charge in [0, 0.05) is 4.47 Å². The predicted octanol–water partition coefficient (Wildman–Crippen LogP) is 4.89. The lowest BCUT2D eigenvalue weighted by Gasteiger charge is -2.31. The van der Waals surface area contributed by atoms with Crippen LogP contribution in [0.3, 0.4) is 0 Å². The van der Waals surface area contributed by atoms with Crippen LogP contribution < -0.4 is 11.1 Å². The van der Waals surface area contributed by atoms with Crippen LogP contribution in [0.25, 0.3) is 0 Å². The molecule has 6 heteroatoms. The van der Waals surface area contributed by atoms with Crippen LogP contribution in [0, 0.1) is 0 Å². The maximum atomic E-state index is 5.88. The predicted molar refractivity (Wildman–Crippen MR) is 108 cm³/mol. The third-order valence-corrected chi connectivity index (χ3v) is 5.49. The van der Waals surface area contributed by atoms with E-state index in [0.29, 0.717) is 11.9 Å². The van der Waals surface area contributed by atoms with Crippen LogP contribution in [-0.4, -0.2) is 14.8 Å². The van der Waals surface area contributed by atoms with Crippen LogP contribution in [0.2, 0.25) is 0 Å². The highest BCUT2D eigenvalue weighted by Crippen LogP contribution is 2.38. The first kappa shape index (κ1) is 17.1. The molecule has 2 aromatic carbocycles. The molecule has 3 aromatic rings. The number of nitrogens with zero attached hydrogens (tertiary/aromatic N) is 3. The zero-order chi connectivity index (χ0) is 18.3. The zero-order valence-electron chi connectivity index (χ0n) is 14.9. The molecule has 4 rings (SSSR count). The Morgan fingerprint density at radius 2 is 1.73 bits per heavy atom. The molecule has 1 aliphatic heterocycles. The largest absolute Gasteiger partial charge is 0.366 e. The molecule has 0 bridgehead atoms. The van der Waals surface area contributed by atoms with Gasteiger partial charge in [-0.3, -0.25) is 0 Å². The lowest BCUT2D eigenvalue weighted by Crippen LogP contribution is -2.28. The maximum Gasteiger partial charge on any atom is 0.241 e. The fraction of sp³-hybridized carbons (Fsp3) is 0.300. The minimum Gasteiger partial charge on any atom is -0.366 e. The molecule has 3 N–H and O–H groups in total. The van der Waals surface area contributed by atoms with E-state index in [4.69, 9.17) is 5.73 Å². The Kier molecular flexibility index (Phi) is 4.44. The van der Waals surface area contributed by atoms with E-state index < -0.39 is 0 Å². The molecule has 0 saturated carbocycles. The molecule has 1 aromatic heterocycles. The van der Waals surface area contributed by atoms with E-state index in [-0.39, 0.29) is 12.1 Å². The van der Waals surface area contributed by atoms with Gasteiger partial charge in [0.1, 0.15) is 0 Å². The highest BCUT2D eigenvalue weighted by molar-refractivity contribution is 9.10. The van der Waals surface area contributed by atoms with E-state index in [1.807, 2.05) is 4.68 Å². The molecule has 134 valence electrons. The van der Waals surface area contributed by atoms with Crippen LogP contribution in [0.5, 0.6) is 0 Å². The van der Waals surface area contributed by atoms with Crippen molar-refractivity contribution in [3.8, 4) is 0 Å². The summed E-state index contributed by atoms with van der Waals surface area (Å²) in [5.41, 5.74) is 9.67. The fourth-order valence-electron chi connectivity index (χ4n) is 3.49. The summed E-state index contributed by atoms with van der Waals surface area (Å²) in [6, 6.07) is 17.5. The van der Waals surface area contributed by atoms with Gasteiger partial charge in [0.2, 0.25) is 11.9 Å². The van der Waals surface area contributed by atoms with E-state index in [1.54, 1.807) is 0 Å². The molecule has 0 radical (unpaired) electrons. The maximum absolute atomic E-state index is 5.88. The number of halogens is 1. The average molecular weight is 412 g/mol. The summed E-state index contributed by atoms with van der Waals surface area (Å²) < 4.78 is 2.99. The Bertz CT molecular complexity index is 899. The van der Waals surface area contributed by atoms with Gasteiger partial charge < -0.3 is 11.1 Å². The van der Waals surface area contributed by atoms with Gasteiger partial charge in [0.25, 0.3) is 0 Å².